The number of ether oxygens (including phenoxy) is 1. The van der Waals surface area contributed by atoms with Crippen LogP contribution < -0.4 is 9.46 Å². The van der Waals surface area contributed by atoms with Crippen LogP contribution in [0.2, 0.25) is 0 Å². The Morgan fingerprint density at radius 1 is 1.08 bits per heavy atom. The van der Waals surface area contributed by atoms with Gasteiger partial charge in [-0.1, -0.05) is 30.9 Å². The van der Waals surface area contributed by atoms with Crippen molar-refractivity contribution in [3.05, 3.63) is 59.7 Å². The minimum absolute atomic E-state index is 0.104. The summed E-state index contributed by atoms with van der Waals surface area (Å²) >= 11 is 0. The third-order valence-electron chi connectivity index (χ3n) is 3.31. The smallest absolute Gasteiger partial charge is 0.241 e. The van der Waals surface area contributed by atoms with Crippen LogP contribution in [0.25, 0.3) is 0 Å². The maximum Gasteiger partial charge on any atom is 0.241 e. The van der Waals surface area contributed by atoms with E-state index in [9.17, 15) is 17.2 Å². The van der Waals surface area contributed by atoms with Crippen molar-refractivity contribution in [2.75, 3.05) is 13.2 Å². The van der Waals surface area contributed by atoms with E-state index in [0.717, 1.165) is 24.1 Å². The van der Waals surface area contributed by atoms with Crippen LogP contribution in [0.1, 0.15) is 12.5 Å². The molecule has 2 rings (SSSR count). The molecule has 25 heavy (non-hydrogen) atoms. The standard InChI is InChI=1S/C18H17F2NO3S/c1-2-14-5-8-16(9-6-14)25(22,23)21-11-3-4-12-24-18-10-7-15(19)13-17(18)20/h5-10,13,21H,2,11-12H2,1H3. The van der Waals surface area contributed by atoms with Gasteiger partial charge in [0.2, 0.25) is 10.0 Å². The summed E-state index contributed by atoms with van der Waals surface area (Å²) in [5.74, 6) is 3.50. The van der Waals surface area contributed by atoms with E-state index in [2.05, 4.69) is 16.6 Å². The van der Waals surface area contributed by atoms with Crippen LogP contribution in [-0.2, 0) is 16.4 Å². The predicted molar refractivity (Wildman–Crippen MR) is 90.6 cm³/mol. The highest BCUT2D eigenvalue weighted by atomic mass is 32.2. The summed E-state index contributed by atoms with van der Waals surface area (Å²) < 4.78 is 57.6. The molecule has 0 bridgehead atoms. The molecule has 0 saturated heterocycles. The molecule has 132 valence electrons. The topological polar surface area (TPSA) is 55.4 Å². The number of hydrogen-bond donors (Lipinski definition) is 1. The Balaban J connectivity index is 1.84. The zero-order valence-electron chi connectivity index (χ0n) is 13.6. The van der Waals surface area contributed by atoms with E-state index in [4.69, 9.17) is 4.74 Å². The number of aryl methyl sites for hydroxylation is 1. The highest BCUT2D eigenvalue weighted by molar-refractivity contribution is 7.89. The molecule has 0 aliphatic rings. The fourth-order valence-corrected chi connectivity index (χ4v) is 2.86. The Labute approximate surface area is 145 Å². The highest BCUT2D eigenvalue weighted by Gasteiger charge is 2.12. The lowest BCUT2D eigenvalue weighted by Crippen LogP contribution is -2.24. The molecule has 0 unspecified atom stereocenters. The van der Waals surface area contributed by atoms with Gasteiger partial charge in [0.25, 0.3) is 0 Å². The molecule has 0 saturated carbocycles. The molecule has 0 aliphatic heterocycles. The van der Waals surface area contributed by atoms with Crippen LogP contribution in [0.5, 0.6) is 5.75 Å². The maximum atomic E-state index is 13.3. The van der Waals surface area contributed by atoms with Gasteiger partial charge in [-0.25, -0.2) is 17.2 Å². The Kier molecular flexibility index (Phi) is 6.51. The van der Waals surface area contributed by atoms with Gasteiger partial charge in [-0.05, 0) is 36.2 Å². The SMILES string of the molecule is CCc1ccc(S(=O)(=O)NCC#CCOc2ccc(F)cc2F)cc1. The van der Waals surface area contributed by atoms with E-state index >= 15 is 0 Å². The predicted octanol–water partition coefficient (Wildman–Crippen LogP) is 2.89. The zero-order chi connectivity index (χ0) is 18.3. The summed E-state index contributed by atoms with van der Waals surface area (Å²) in [5.41, 5.74) is 1.05. The molecule has 2 aromatic carbocycles. The summed E-state index contributed by atoms with van der Waals surface area (Å²) in [5, 5.41) is 0. The lowest BCUT2D eigenvalue weighted by atomic mass is 10.2. The number of halogens is 2. The van der Waals surface area contributed by atoms with Crippen LogP contribution >= 0.6 is 0 Å². The molecule has 2 aromatic rings. The zero-order valence-corrected chi connectivity index (χ0v) is 14.4. The van der Waals surface area contributed by atoms with Crippen molar-refractivity contribution >= 4 is 10.0 Å². The molecule has 0 aromatic heterocycles. The third-order valence-corrected chi connectivity index (χ3v) is 4.73. The van der Waals surface area contributed by atoms with Crippen LogP contribution in [0.3, 0.4) is 0 Å². The fraction of sp³-hybridized carbons (Fsp3) is 0.222. The van der Waals surface area contributed by atoms with E-state index in [-0.39, 0.29) is 23.8 Å². The second-order valence-electron chi connectivity index (χ2n) is 5.04. The molecular weight excluding hydrogens is 348 g/mol. The van der Waals surface area contributed by atoms with E-state index in [1.165, 1.54) is 12.1 Å². The molecule has 0 radical (unpaired) electrons. The van der Waals surface area contributed by atoms with Crippen LogP contribution in [0, 0.1) is 23.5 Å². The molecule has 0 heterocycles. The number of hydrogen-bond acceptors (Lipinski definition) is 3. The Morgan fingerprint density at radius 2 is 1.80 bits per heavy atom. The monoisotopic (exact) mass is 365 g/mol. The molecule has 0 aliphatic carbocycles. The molecule has 0 atom stereocenters. The van der Waals surface area contributed by atoms with Crippen LogP contribution in [0.4, 0.5) is 8.78 Å². The van der Waals surface area contributed by atoms with E-state index in [1.807, 2.05) is 6.92 Å². The normalized spacial score (nSPS) is 10.8. The molecule has 4 nitrogen and oxygen atoms in total. The summed E-state index contributed by atoms with van der Waals surface area (Å²) in [6, 6.07) is 9.53. The van der Waals surface area contributed by atoms with E-state index in [1.54, 1.807) is 12.1 Å². The van der Waals surface area contributed by atoms with Gasteiger partial charge < -0.3 is 4.74 Å². The Hall–Kier alpha value is -2.43. The van der Waals surface area contributed by atoms with Gasteiger partial charge >= 0.3 is 0 Å². The quantitative estimate of drug-likeness (QED) is 0.801. The third kappa shape index (κ3) is 5.55. The van der Waals surface area contributed by atoms with Crippen molar-refractivity contribution in [2.24, 2.45) is 0 Å². The molecule has 0 spiro atoms. The summed E-state index contributed by atoms with van der Waals surface area (Å²) in [7, 11) is -3.63. The first-order valence-electron chi connectivity index (χ1n) is 7.54. The fourth-order valence-electron chi connectivity index (χ4n) is 1.94. The second kappa shape index (κ2) is 8.60. The van der Waals surface area contributed by atoms with Gasteiger partial charge in [-0.15, -0.1) is 0 Å². The number of nitrogens with one attached hydrogen (secondary N) is 1. The molecular formula is C18H17F2NO3S. The van der Waals surface area contributed by atoms with Crippen molar-refractivity contribution in [3.63, 3.8) is 0 Å². The second-order valence-corrected chi connectivity index (χ2v) is 6.81. The first-order valence-corrected chi connectivity index (χ1v) is 9.03. The van der Waals surface area contributed by atoms with Crippen molar-refractivity contribution in [2.45, 2.75) is 18.2 Å². The average Bonchev–Trinajstić information content (AvgIpc) is 2.59. The Bertz CT molecular complexity index is 885. The van der Waals surface area contributed by atoms with Gasteiger partial charge in [-0.3, -0.25) is 0 Å². The summed E-state index contributed by atoms with van der Waals surface area (Å²) in [6.07, 6.45) is 0.827. The highest BCUT2D eigenvalue weighted by Crippen LogP contribution is 2.17. The van der Waals surface area contributed by atoms with Gasteiger partial charge in [0.1, 0.15) is 12.4 Å². The Morgan fingerprint density at radius 3 is 2.44 bits per heavy atom. The van der Waals surface area contributed by atoms with Crippen molar-refractivity contribution in [1.82, 2.24) is 4.72 Å². The lowest BCUT2D eigenvalue weighted by Gasteiger charge is -2.05. The van der Waals surface area contributed by atoms with Gasteiger partial charge in [0.05, 0.1) is 11.4 Å². The number of sulfonamides is 1. The molecule has 1 N–H and O–H groups in total. The summed E-state index contributed by atoms with van der Waals surface area (Å²) in [4.78, 5) is 0.163. The van der Waals surface area contributed by atoms with Gasteiger partial charge in [0, 0.05) is 6.07 Å². The number of rotatable bonds is 6. The number of benzene rings is 2. The van der Waals surface area contributed by atoms with Gasteiger partial charge in [0.15, 0.2) is 11.6 Å². The molecule has 0 amide bonds. The largest absolute Gasteiger partial charge is 0.478 e. The van der Waals surface area contributed by atoms with Crippen LogP contribution in [0.15, 0.2) is 47.4 Å². The molecule has 7 heteroatoms. The van der Waals surface area contributed by atoms with Crippen molar-refractivity contribution < 1.29 is 21.9 Å². The minimum atomic E-state index is -3.63. The van der Waals surface area contributed by atoms with Gasteiger partial charge in [-0.2, -0.15) is 4.72 Å². The van der Waals surface area contributed by atoms with Crippen LogP contribution in [-0.4, -0.2) is 21.6 Å². The van der Waals surface area contributed by atoms with Crippen molar-refractivity contribution in [1.29, 1.82) is 0 Å². The molecule has 0 fully saturated rings. The lowest BCUT2D eigenvalue weighted by molar-refractivity contribution is 0.346. The van der Waals surface area contributed by atoms with Crippen molar-refractivity contribution in [3.8, 4) is 17.6 Å². The first-order chi connectivity index (χ1) is 11.9. The maximum absolute atomic E-state index is 13.3. The average molecular weight is 365 g/mol. The van der Waals surface area contributed by atoms with E-state index < -0.39 is 21.7 Å². The first kappa shape index (κ1) is 18.9. The minimum Gasteiger partial charge on any atom is -0.478 e. The van der Waals surface area contributed by atoms with E-state index in [0.29, 0.717) is 6.07 Å². The summed E-state index contributed by atoms with van der Waals surface area (Å²) in [6.45, 7) is 1.74.